The van der Waals surface area contributed by atoms with Gasteiger partial charge in [0.1, 0.15) is 12.2 Å². The lowest BCUT2D eigenvalue weighted by molar-refractivity contribution is -0.146. The fourth-order valence-corrected chi connectivity index (χ4v) is 1.46. The average Bonchev–Trinajstić information content (AvgIpc) is 2.38. The number of ether oxygens (including phenoxy) is 2. The molecule has 0 saturated carbocycles. The van der Waals surface area contributed by atoms with E-state index in [4.69, 9.17) is 4.74 Å². The number of nitrogens with zero attached hydrogens (tertiary/aromatic N) is 1. The Hall–Kier alpha value is -2.04. The first-order chi connectivity index (χ1) is 8.56. The number of hydrogen-bond donors (Lipinski definition) is 0. The van der Waals surface area contributed by atoms with Gasteiger partial charge >= 0.3 is 5.97 Å². The van der Waals surface area contributed by atoms with Crippen molar-refractivity contribution < 1.29 is 19.1 Å². The van der Waals surface area contributed by atoms with Crippen molar-refractivity contribution in [1.82, 2.24) is 4.90 Å². The van der Waals surface area contributed by atoms with E-state index in [1.807, 2.05) is 24.3 Å². The topological polar surface area (TPSA) is 55.8 Å². The summed E-state index contributed by atoms with van der Waals surface area (Å²) in [5.41, 5.74) is 0.940. The van der Waals surface area contributed by atoms with Gasteiger partial charge in [-0.05, 0) is 17.7 Å². The Morgan fingerprint density at radius 1 is 1.28 bits per heavy atom. The minimum atomic E-state index is -0.530. The Labute approximate surface area is 106 Å². The van der Waals surface area contributed by atoms with E-state index in [9.17, 15) is 9.59 Å². The van der Waals surface area contributed by atoms with Crippen molar-refractivity contribution in [3.8, 4) is 5.75 Å². The van der Waals surface area contributed by atoms with Crippen molar-refractivity contribution >= 4 is 11.9 Å². The summed E-state index contributed by atoms with van der Waals surface area (Å²) in [6.07, 6.45) is -0.239. The Morgan fingerprint density at radius 2 is 2.00 bits per heavy atom. The third kappa shape index (κ3) is 4.08. The molecule has 1 aromatic carbocycles. The maximum atomic E-state index is 11.7. The molecule has 1 amide bonds. The summed E-state index contributed by atoms with van der Waals surface area (Å²) < 4.78 is 9.55. The van der Waals surface area contributed by atoms with Crippen LogP contribution in [0.2, 0.25) is 0 Å². The van der Waals surface area contributed by atoms with E-state index >= 15 is 0 Å². The van der Waals surface area contributed by atoms with Gasteiger partial charge in [0.15, 0.2) is 0 Å². The van der Waals surface area contributed by atoms with Crippen LogP contribution < -0.4 is 4.74 Å². The summed E-state index contributed by atoms with van der Waals surface area (Å²) in [6.45, 7) is 0.424. The lowest BCUT2D eigenvalue weighted by Crippen LogP contribution is -2.28. The van der Waals surface area contributed by atoms with Gasteiger partial charge in [0.05, 0.1) is 14.2 Å². The quantitative estimate of drug-likeness (QED) is 0.583. The predicted octanol–water partition coefficient (Wildman–Crippen LogP) is 1.22. The number of esters is 1. The number of hydrogen-bond acceptors (Lipinski definition) is 4. The van der Waals surface area contributed by atoms with Gasteiger partial charge in [-0.25, -0.2) is 0 Å². The minimum absolute atomic E-state index is 0.239. The molecule has 0 bridgehead atoms. The van der Waals surface area contributed by atoms with E-state index < -0.39 is 5.97 Å². The molecule has 0 atom stereocenters. The number of methoxy groups -OCH3 is 2. The van der Waals surface area contributed by atoms with Crippen molar-refractivity contribution in [3.63, 3.8) is 0 Å². The third-order valence-corrected chi connectivity index (χ3v) is 2.50. The fourth-order valence-electron chi connectivity index (χ4n) is 1.46. The second kappa shape index (κ2) is 6.64. The molecule has 5 nitrogen and oxygen atoms in total. The largest absolute Gasteiger partial charge is 0.497 e. The summed E-state index contributed by atoms with van der Waals surface area (Å²) in [4.78, 5) is 24.1. The van der Waals surface area contributed by atoms with Crippen molar-refractivity contribution in [1.29, 1.82) is 0 Å². The van der Waals surface area contributed by atoms with Crippen molar-refractivity contribution in [2.24, 2.45) is 0 Å². The second-order valence-corrected chi connectivity index (χ2v) is 3.85. The van der Waals surface area contributed by atoms with E-state index in [1.54, 1.807) is 14.2 Å². The molecule has 0 aliphatic heterocycles. The molecular weight excluding hydrogens is 234 g/mol. The molecule has 0 aliphatic carbocycles. The van der Waals surface area contributed by atoms with Crippen molar-refractivity contribution in [2.45, 2.75) is 13.0 Å². The Balaban J connectivity index is 2.60. The Kier molecular flexibility index (Phi) is 5.17. The normalized spacial score (nSPS) is 9.72. The highest BCUT2D eigenvalue weighted by Crippen LogP contribution is 2.14. The highest BCUT2D eigenvalue weighted by molar-refractivity contribution is 5.94. The van der Waals surface area contributed by atoms with Crippen molar-refractivity contribution in [3.05, 3.63) is 29.8 Å². The summed E-state index contributed by atoms with van der Waals surface area (Å²) in [7, 11) is 4.49. The predicted molar refractivity (Wildman–Crippen MR) is 66.1 cm³/mol. The first-order valence-corrected chi connectivity index (χ1v) is 5.50. The first kappa shape index (κ1) is 14.0. The molecule has 0 radical (unpaired) electrons. The maximum Gasteiger partial charge on any atom is 0.315 e. The number of amides is 1. The second-order valence-electron chi connectivity index (χ2n) is 3.85. The standard InChI is InChI=1S/C13H17NO4/c1-14(12(15)8-13(16)18-3)9-10-5-4-6-11(7-10)17-2/h4-7H,8-9H2,1-3H3. The molecule has 0 spiro atoms. The van der Waals surface area contributed by atoms with Crippen LogP contribution in [-0.4, -0.2) is 38.0 Å². The van der Waals surface area contributed by atoms with Gasteiger partial charge in [-0.15, -0.1) is 0 Å². The lowest BCUT2D eigenvalue weighted by atomic mass is 10.2. The number of benzene rings is 1. The molecule has 0 heterocycles. The van der Waals surface area contributed by atoms with Gasteiger partial charge < -0.3 is 14.4 Å². The monoisotopic (exact) mass is 251 g/mol. The average molecular weight is 251 g/mol. The molecule has 5 heteroatoms. The van der Waals surface area contributed by atoms with Crippen LogP contribution in [0.5, 0.6) is 5.75 Å². The lowest BCUT2D eigenvalue weighted by Gasteiger charge is -2.17. The third-order valence-electron chi connectivity index (χ3n) is 2.50. The van der Waals surface area contributed by atoms with Crippen molar-refractivity contribution in [2.75, 3.05) is 21.3 Å². The van der Waals surface area contributed by atoms with Gasteiger partial charge in [0, 0.05) is 13.6 Å². The summed E-state index contributed by atoms with van der Waals surface area (Å²) in [6, 6.07) is 7.43. The molecule has 18 heavy (non-hydrogen) atoms. The molecule has 98 valence electrons. The number of carbonyl (C=O) groups is 2. The highest BCUT2D eigenvalue weighted by Gasteiger charge is 2.14. The Bertz CT molecular complexity index is 431. The van der Waals surface area contributed by atoms with E-state index in [1.165, 1.54) is 12.0 Å². The van der Waals surface area contributed by atoms with Crippen LogP contribution in [0.4, 0.5) is 0 Å². The SMILES string of the molecule is COC(=O)CC(=O)N(C)Cc1cccc(OC)c1. The first-order valence-electron chi connectivity index (χ1n) is 5.50. The maximum absolute atomic E-state index is 11.7. The number of rotatable bonds is 5. The van der Waals surface area contributed by atoms with Crippen LogP contribution in [0.25, 0.3) is 0 Å². The zero-order valence-corrected chi connectivity index (χ0v) is 10.8. The zero-order chi connectivity index (χ0) is 13.5. The summed E-state index contributed by atoms with van der Waals surface area (Å²) >= 11 is 0. The van der Waals surface area contributed by atoms with Crippen LogP contribution in [0.1, 0.15) is 12.0 Å². The molecule has 0 unspecified atom stereocenters. The van der Waals surface area contributed by atoms with Crippen LogP contribution in [-0.2, 0) is 20.9 Å². The van der Waals surface area contributed by atoms with Gasteiger partial charge in [-0.1, -0.05) is 12.1 Å². The summed E-state index contributed by atoms with van der Waals surface area (Å²) in [5, 5.41) is 0. The zero-order valence-electron chi connectivity index (χ0n) is 10.8. The van der Waals surface area contributed by atoms with E-state index in [2.05, 4.69) is 4.74 Å². The molecule has 0 saturated heterocycles. The molecular formula is C13H17NO4. The van der Waals surface area contributed by atoms with Gasteiger partial charge in [0.25, 0.3) is 0 Å². The van der Waals surface area contributed by atoms with Gasteiger partial charge in [0.2, 0.25) is 5.91 Å². The van der Waals surface area contributed by atoms with Crippen LogP contribution >= 0.6 is 0 Å². The van der Waals surface area contributed by atoms with Crippen LogP contribution in [0.3, 0.4) is 0 Å². The van der Waals surface area contributed by atoms with Gasteiger partial charge in [-0.3, -0.25) is 9.59 Å². The summed E-state index contributed by atoms with van der Waals surface area (Å²) in [5.74, 6) is -0.0662. The van der Waals surface area contributed by atoms with Crippen LogP contribution in [0, 0.1) is 0 Å². The van der Waals surface area contributed by atoms with E-state index in [-0.39, 0.29) is 12.3 Å². The molecule has 1 aromatic rings. The number of carbonyl (C=O) groups excluding carboxylic acids is 2. The molecule has 0 N–H and O–H groups in total. The smallest absolute Gasteiger partial charge is 0.315 e. The van der Waals surface area contributed by atoms with Crippen LogP contribution in [0.15, 0.2) is 24.3 Å². The van der Waals surface area contributed by atoms with E-state index in [0.717, 1.165) is 11.3 Å². The van der Waals surface area contributed by atoms with Gasteiger partial charge in [-0.2, -0.15) is 0 Å². The Morgan fingerprint density at radius 3 is 2.61 bits per heavy atom. The minimum Gasteiger partial charge on any atom is -0.497 e. The molecule has 1 rings (SSSR count). The molecule has 0 aromatic heterocycles. The molecule has 0 fully saturated rings. The highest BCUT2D eigenvalue weighted by atomic mass is 16.5. The fraction of sp³-hybridized carbons (Fsp3) is 0.385. The molecule has 0 aliphatic rings. The van der Waals surface area contributed by atoms with E-state index in [0.29, 0.717) is 6.54 Å².